The smallest absolute Gasteiger partial charge is 0.172 e. The Balaban J connectivity index is 2.67. The predicted molar refractivity (Wildman–Crippen MR) is 64.5 cm³/mol. The van der Waals surface area contributed by atoms with E-state index in [0.717, 1.165) is 0 Å². The molecule has 0 atom stereocenters. The van der Waals surface area contributed by atoms with E-state index in [1.54, 1.807) is 0 Å². The Hall–Kier alpha value is -0.940. The molecule has 0 bridgehead atoms. The van der Waals surface area contributed by atoms with Crippen molar-refractivity contribution in [1.29, 1.82) is 0 Å². The molecule has 0 aliphatic rings. The highest BCUT2D eigenvalue weighted by Gasteiger charge is 2.16. The lowest BCUT2D eigenvalue weighted by molar-refractivity contribution is -0.697. The van der Waals surface area contributed by atoms with Gasteiger partial charge in [-0.3, -0.25) is 0 Å². The standard InChI is InChI=1S/C12H19NO3S/c1-12(2,3)11-6-4-7-13(10-11)8-5-9-17(14,15)16/h4,6-7,10H,5,8-9H2,1-3H3. The Labute approximate surface area is 103 Å². The molecule has 0 radical (unpaired) electrons. The number of hydrogen-bond acceptors (Lipinski definition) is 3. The van der Waals surface area contributed by atoms with Crippen LogP contribution in [0.3, 0.4) is 0 Å². The second-order valence-electron chi connectivity index (χ2n) is 5.20. The molecule has 0 saturated heterocycles. The maximum absolute atomic E-state index is 10.5. The monoisotopic (exact) mass is 257 g/mol. The first-order chi connectivity index (χ1) is 7.68. The van der Waals surface area contributed by atoms with Crippen molar-refractivity contribution in [3.8, 4) is 0 Å². The van der Waals surface area contributed by atoms with Crippen LogP contribution in [0, 0.1) is 0 Å². The third-order valence-electron chi connectivity index (χ3n) is 2.53. The predicted octanol–water partition coefficient (Wildman–Crippen LogP) is 1.21. The van der Waals surface area contributed by atoms with Crippen LogP contribution in [-0.2, 0) is 22.1 Å². The second-order valence-corrected chi connectivity index (χ2v) is 6.72. The fourth-order valence-corrected chi connectivity index (χ4v) is 2.01. The normalized spacial score (nSPS) is 12.7. The fourth-order valence-electron chi connectivity index (χ4n) is 1.53. The molecule has 0 fully saturated rings. The van der Waals surface area contributed by atoms with Crippen molar-refractivity contribution in [1.82, 2.24) is 0 Å². The molecule has 5 heteroatoms. The fraction of sp³-hybridized carbons (Fsp3) is 0.583. The quantitative estimate of drug-likeness (QED) is 0.601. The Bertz CT molecular complexity index is 475. The summed E-state index contributed by atoms with van der Waals surface area (Å²) in [5, 5.41) is 0. The first-order valence-electron chi connectivity index (χ1n) is 5.62. The van der Waals surface area contributed by atoms with Crippen LogP contribution < -0.4 is 4.57 Å². The topological polar surface area (TPSA) is 61.1 Å². The minimum atomic E-state index is -4.10. The van der Waals surface area contributed by atoms with Gasteiger partial charge in [-0.15, -0.1) is 0 Å². The molecule has 1 aromatic heterocycles. The molecule has 1 rings (SSSR count). The van der Waals surface area contributed by atoms with E-state index in [1.165, 1.54) is 5.56 Å². The highest BCUT2D eigenvalue weighted by molar-refractivity contribution is 7.85. The summed E-state index contributed by atoms with van der Waals surface area (Å²) in [6.07, 6.45) is 4.23. The van der Waals surface area contributed by atoms with Gasteiger partial charge in [-0.05, 0) is 11.5 Å². The van der Waals surface area contributed by atoms with Gasteiger partial charge in [-0.2, -0.15) is 0 Å². The van der Waals surface area contributed by atoms with Crippen molar-refractivity contribution in [2.45, 2.75) is 39.2 Å². The van der Waals surface area contributed by atoms with E-state index in [1.807, 2.05) is 29.1 Å². The molecule has 0 N–H and O–H groups in total. The maximum Gasteiger partial charge on any atom is 0.172 e. The average molecular weight is 257 g/mol. The van der Waals surface area contributed by atoms with Crippen molar-refractivity contribution in [2.75, 3.05) is 5.75 Å². The molecule has 0 unspecified atom stereocenters. The Morgan fingerprint density at radius 1 is 1.35 bits per heavy atom. The summed E-state index contributed by atoms with van der Waals surface area (Å²) < 4.78 is 33.4. The largest absolute Gasteiger partial charge is 0.748 e. The summed E-state index contributed by atoms with van der Waals surface area (Å²) >= 11 is 0. The third-order valence-corrected chi connectivity index (χ3v) is 3.32. The molecule has 0 aliphatic carbocycles. The van der Waals surface area contributed by atoms with E-state index >= 15 is 0 Å². The number of nitrogens with zero attached hydrogens (tertiary/aromatic N) is 1. The van der Waals surface area contributed by atoms with Crippen LogP contribution in [0.5, 0.6) is 0 Å². The van der Waals surface area contributed by atoms with Crippen LogP contribution in [0.1, 0.15) is 32.8 Å². The van der Waals surface area contributed by atoms with Gasteiger partial charge >= 0.3 is 0 Å². The summed E-state index contributed by atoms with van der Waals surface area (Å²) in [5.41, 5.74) is 1.25. The third kappa shape index (κ3) is 5.28. The first-order valence-corrected chi connectivity index (χ1v) is 7.19. The Morgan fingerprint density at radius 2 is 2.00 bits per heavy atom. The van der Waals surface area contributed by atoms with Crippen LogP contribution in [0.4, 0.5) is 0 Å². The van der Waals surface area contributed by atoms with Crippen molar-refractivity contribution in [3.63, 3.8) is 0 Å². The van der Waals surface area contributed by atoms with Gasteiger partial charge in [0.05, 0.1) is 10.1 Å². The number of aromatic nitrogens is 1. The van der Waals surface area contributed by atoms with Gasteiger partial charge in [0.25, 0.3) is 0 Å². The van der Waals surface area contributed by atoms with Crippen molar-refractivity contribution < 1.29 is 17.5 Å². The minimum Gasteiger partial charge on any atom is -0.748 e. The van der Waals surface area contributed by atoms with E-state index in [9.17, 15) is 13.0 Å². The summed E-state index contributed by atoms with van der Waals surface area (Å²) in [6.45, 7) is 6.91. The SMILES string of the molecule is CC(C)(C)c1ccc[n+](CCCS(=O)(=O)[O-])c1. The van der Waals surface area contributed by atoms with Crippen LogP contribution in [0.2, 0.25) is 0 Å². The van der Waals surface area contributed by atoms with Gasteiger partial charge < -0.3 is 4.55 Å². The van der Waals surface area contributed by atoms with E-state index < -0.39 is 10.1 Å². The second kappa shape index (κ2) is 5.14. The zero-order valence-electron chi connectivity index (χ0n) is 10.5. The molecule has 0 aromatic carbocycles. The number of hydrogen-bond donors (Lipinski definition) is 0. The van der Waals surface area contributed by atoms with Crippen LogP contribution in [0.25, 0.3) is 0 Å². The molecule has 0 amide bonds. The van der Waals surface area contributed by atoms with Gasteiger partial charge in [0, 0.05) is 23.8 Å². The number of pyridine rings is 1. The highest BCUT2D eigenvalue weighted by Crippen LogP contribution is 2.19. The average Bonchev–Trinajstić information content (AvgIpc) is 2.15. The van der Waals surface area contributed by atoms with E-state index in [-0.39, 0.29) is 11.2 Å². The van der Waals surface area contributed by atoms with Crippen molar-refractivity contribution >= 4 is 10.1 Å². The lowest BCUT2D eigenvalue weighted by atomic mass is 9.88. The summed E-state index contributed by atoms with van der Waals surface area (Å²) in [5.74, 6) is -0.306. The Morgan fingerprint density at radius 3 is 2.53 bits per heavy atom. The molecule has 4 nitrogen and oxygen atoms in total. The lowest BCUT2D eigenvalue weighted by Gasteiger charge is -2.16. The van der Waals surface area contributed by atoms with Crippen molar-refractivity contribution in [2.24, 2.45) is 0 Å². The molecular weight excluding hydrogens is 238 g/mol. The molecular formula is C12H19NO3S. The molecule has 0 saturated carbocycles. The zero-order valence-corrected chi connectivity index (χ0v) is 11.3. The molecule has 96 valence electrons. The summed E-state index contributed by atoms with van der Waals surface area (Å²) in [4.78, 5) is 0. The summed E-state index contributed by atoms with van der Waals surface area (Å²) in [6, 6.07) is 3.98. The van der Waals surface area contributed by atoms with Crippen LogP contribution in [0.15, 0.2) is 24.5 Å². The van der Waals surface area contributed by atoms with E-state index in [2.05, 4.69) is 20.8 Å². The van der Waals surface area contributed by atoms with E-state index in [0.29, 0.717) is 13.0 Å². The number of aryl methyl sites for hydroxylation is 1. The van der Waals surface area contributed by atoms with Gasteiger partial charge in [0.15, 0.2) is 12.4 Å². The first kappa shape index (κ1) is 14.1. The lowest BCUT2D eigenvalue weighted by Crippen LogP contribution is -2.35. The summed E-state index contributed by atoms with van der Waals surface area (Å²) in [7, 11) is -4.10. The highest BCUT2D eigenvalue weighted by atomic mass is 32.2. The minimum absolute atomic E-state index is 0.0631. The molecule has 17 heavy (non-hydrogen) atoms. The van der Waals surface area contributed by atoms with Crippen LogP contribution >= 0.6 is 0 Å². The Kier molecular flexibility index (Phi) is 4.27. The van der Waals surface area contributed by atoms with E-state index in [4.69, 9.17) is 0 Å². The molecule has 0 spiro atoms. The molecule has 0 aliphatic heterocycles. The van der Waals surface area contributed by atoms with Crippen molar-refractivity contribution in [3.05, 3.63) is 30.1 Å². The van der Waals surface area contributed by atoms with Gasteiger partial charge in [0.2, 0.25) is 0 Å². The van der Waals surface area contributed by atoms with Gasteiger partial charge in [-0.25, -0.2) is 13.0 Å². The maximum atomic E-state index is 10.5. The van der Waals surface area contributed by atoms with Gasteiger partial charge in [0.1, 0.15) is 6.54 Å². The van der Waals surface area contributed by atoms with Crippen LogP contribution in [-0.4, -0.2) is 18.7 Å². The van der Waals surface area contributed by atoms with Gasteiger partial charge in [-0.1, -0.05) is 20.8 Å². The zero-order chi connectivity index (χ0) is 13.1. The molecule has 1 aromatic rings. The molecule has 1 heterocycles. The number of rotatable bonds is 4.